The molecular weight excluding hydrogens is 456 g/mol. The van der Waals surface area contributed by atoms with Crippen LogP contribution in [0.15, 0.2) is 91.0 Å². The summed E-state index contributed by atoms with van der Waals surface area (Å²) < 4.78 is 16.2. The first-order chi connectivity index (χ1) is 17.3. The molecule has 0 fully saturated rings. The number of aliphatic hydroxyl groups excluding tert-OH is 3. The van der Waals surface area contributed by atoms with E-state index in [1.54, 1.807) is 0 Å². The zero-order chi connectivity index (χ0) is 25.8. The molecule has 3 rings (SSSR count). The van der Waals surface area contributed by atoms with Gasteiger partial charge in [-0.2, -0.15) is 0 Å². The fourth-order valence-corrected chi connectivity index (χ4v) is 2.48. The fraction of sp³-hybridized carbons (Fsp3) is 0.400. The number of rotatable bonds is 12. The molecule has 0 aliphatic rings. The third kappa shape index (κ3) is 21.9. The minimum atomic E-state index is -0.125. The van der Waals surface area contributed by atoms with Crippen molar-refractivity contribution in [2.45, 2.75) is 41.1 Å². The van der Waals surface area contributed by atoms with Gasteiger partial charge in [0.05, 0.1) is 59.5 Å². The van der Waals surface area contributed by atoms with Crippen LogP contribution < -0.4 is 0 Å². The van der Waals surface area contributed by atoms with Crippen molar-refractivity contribution in [1.82, 2.24) is 0 Å². The molecule has 0 heterocycles. The Hall–Kier alpha value is -2.58. The summed E-state index contributed by atoms with van der Waals surface area (Å²) in [6.45, 7) is 7.39. The van der Waals surface area contributed by atoms with E-state index in [9.17, 15) is 0 Å². The maximum Gasteiger partial charge on any atom is 0.0718 e. The van der Waals surface area contributed by atoms with Gasteiger partial charge in [0.25, 0.3) is 0 Å². The average Bonchev–Trinajstić information content (AvgIpc) is 2.94. The first kappa shape index (κ1) is 35.6. The Morgan fingerprint density at radius 2 is 0.722 bits per heavy atom. The molecule has 0 atom stereocenters. The van der Waals surface area contributed by atoms with E-state index in [4.69, 9.17) is 29.5 Å². The molecule has 36 heavy (non-hydrogen) atoms. The molecule has 6 heteroatoms. The lowest BCUT2D eigenvalue weighted by Crippen LogP contribution is -2.04. The topological polar surface area (TPSA) is 88.4 Å². The van der Waals surface area contributed by atoms with Crippen LogP contribution in [0.2, 0.25) is 0 Å². The van der Waals surface area contributed by atoms with Gasteiger partial charge < -0.3 is 29.5 Å². The van der Waals surface area contributed by atoms with Gasteiger partial charge in [-0.3, -0.25) is 0 Å². The number of hydrogen-bond acceptors (Lipinski definition) is 6. The minimum absolute atomic E-state index is 0. The average molecular weight is 503 g/mol. The molecule has 0 spiro atoms. The van der Waals surface area contributed by atoms with E-state index >= 15 is 0 Å². The number of hydrogen-bond donors (Lipinski definition) is 3. The zero-order valence-electron chi connectivity index (χ0n) is 21.1. The molecule has 0 saturated heterocycles. The van der Waals surface area contributed by atoms with Gasteiger partial charge in [-0.1, -0.05) is 112 Å². The first-order valence-corrected chi connectivity index (χ1v) is 12.0. The second kappa shape index (κ2) is 28.7. The maximum atomic E-state index is 8.42. The second-order valence-electron chi connectivity index (χ2n) is 6.79. The van der Waals surface area contributed by atoms with E-state index in [1.165, 1.54) is 11.1 Å². The quantitative estimate of drug-likeness (QED) is 0.293. The van der Waals surface area contributed by atoms with Crippen LogP contribution >= 0.6 is 0 Å². The van der Waals surface area contributed by atoms with Crippen LogP contribution in [0.5, 0.6) is 0 Å². The number of ether oxygens (including phenoxy) is 3. The van der Waals surface area contributed by atoms with Crippen LogP contribution in [-0.4, -0.2) is 55.0 Å². The molecule has 0 unspecified atom stereocenters. The van der Waals surface area contributed by atoms with Crippen molar-refractivity contribution in [2.75, 3.05) is 39.6 Å². The summed E-state index contributed by atoms with van der Waals surface area (Å²) in [6.07, 6.45) is 0. The van der Waals surface area contributed by atoms with E-state index < -0.39 is 0 Å². The molecule has 6 nitrogen and oxygen atoms in total. The van der Waals surface area contributed by atoms with Gasteiger partial charge in [-0.05, 0) is 16.7 Å². The summed E-state index contributed by atoms with van der Waals surface area (Å²) >= 11 is 0. The standard InChI is InChI=1S/C16H18O2.C9H12O2.C2H6O2.C2H6.CH4/c1-3-7-15(8-4-1)13-17-11-12-18-14-16-9-5-2-6-10-16;10-6-7-11-8-9-4-2-1-3-5-9;3-1-2-4;1-2;/h1-10H,11-14H2;1-5,10H,6-8H2;3-4H,1-2H2;1-2H3;1H4. The molecule has 0 aliphatic heterocycles. The SMILES string of the molecule is C.CC.OCCO.OCCOCc1ccccc1.c1ccc(COCCOCc2ccccc2)cc1. The third-order valence-corrected chi connectivity index (χ3v) is 4.04. The molecule has 3 N–H and O–H groups in total. The molecular formula is C30H46O6. The Morgan fingerprint density at radius 1 is 0.444 bits per heavy atom. The lowest BCUT2D eigenvalue weighted by Gasteiger charge is -2.06. The third-order valence-electron chi connectivity index (χ3n) is 4.04. The smallest absolute Gasteiger partial charge is 0.0718 e. The van der Waals surface area contributed by atoms with Gasteiger partial charge in [0.15, 0.2) is 0 Å². The van der Waals surface area contributed by atoms with Crippen molar-refractivity contribution in [2.24, 2.45) is 0 Å². The van der Waals surface area contributed by atoms with Gasteiger partial charge in [0.2, 0.25) is 0 Å². The summed E-state index contributed by atoms with van der Waals surface area (Å²) in [7, 11) is 0. The maximum absolute atomic E-state index is 8.42. The highest BCUT2D eigenvalue weighted by Gasteiger charge is 1.94. The van der Waals surface area contributed by atoms with Crippen molar-refractivity contribution >= 4 is 0 Å². The van der Waals surface area contributed by atoms with Gasteiger partial charge >= 0.3 is 0 Å². The molecule has 3 aromatic rings. The Bertz CT molecular complexity index is 724. The first-order valence-electron chi connectivity index (χ1n) is 12.0. The van der Waals surface area contributed by atoms with Crippen molar-refractivity contribution in [3.8, 4) is 0 Å². The normalized spacial score (nSPS) is 9.25. The van der Waals surface area contributed by atoms with Gasteiger partial charge in [0.1, 0.15) is 0 Å². The summed E-state index contributed by atoms with van der Waals surface area (Å²) in [4.78, 5) is 0. The molecule has 0 saturated carbocycles. The number of aliphatic hydroxyl groups is 3. The van der Waals surface area contributed by atoms with E-state index in [1.807, 2.05) is 80.6 Å². The molecule has 0 radical (unpaired) electrons. The predicted octanol–water partition coefficient (Wildman–Crippen LogP) is 5.25. The van der Waals surface area contributed by atoms with Crippen LogP contribution in [0.1, 0.15) is 38.0 Å². The molecule has 0 aromatic heterocycles. The van der Waals surface area contributed by atoms with E-state index in [2.05, 4.69) is 24.3 Å². The van der Waals surface area contributed by atoms with Crippen LogP contribution in [0.4, 0.5) is 0 Å². The van der Waals surface area contributed by atoms with Gasteiger partial charge in [0, 0.05) is 0 Å². The van der Waals surface area contributed by atoms with Gasteiger partial charge in [-0.25, -0.2) is 0 Å². The van der Waals surface area contributed by atoms with Crippen molar-refractivity contribution < 1.29 is 29.5 Å². The highest BCUT2D eigenvalue weighted by molar-refractivity contribution is 5.14. The highest BCUT2D eigenvalue weighted by atomic mass is 16.5. The van der Waals surface area contributed by atoms with Crippen molar-refractivity contribution in [1.29, 1.82) is 0 Å². The molecule has 3 aromatic carbocycles. The highest BCUT2D eigenvalue weighted by Crippen LogP contribution is 2.02. The Balaban J connectivity index is 0. The van der Waals surface area contributed by atoms with Crippen molar-refractivity contribution in [3.63, 3.8) is 0 Å². The molecule has 0 amide bonds. The lowest BCUT2D eigenvalue weighted by atomic mass is 10.2. The van der Waals surface area contributed by atoms with E-state index in [0.29, 0.717) is 39.6 Å². The molecule has 0 aliphatic carbocycles. The zero-order valence-corrected chi connectivity index (χ0v) is 21.1. The van der Waals surface area contributed by atoms with Crippen LogP contribution in [-0.2, 0) is 34.0 Å². The minimum Gasteiger partial charge on any atom is -0.394 e. The van der Waals surface area contributed by atoms with Crippen molar-refractivity contribution in [3.05, 3.63) is 108 Å². The van der Waals surface area contributed by atoms with Crippen LogP contribution in [0.3, 0.4) is 0 Å². The van der Waals surface area contributed by atoms with Gasteiger partial charge in [-0.15, -0.1) is 0 Å². The Morgan fingerprint density at radius 3 is 0.972 bits per heavy atom. The number of benzene rings is 3. The largest absolute Gasteiger partial charge is 0.394 e. The van der Waals surface area contributed by atoms with E-state index in [-0.39, 0.29) is 27.2 Å². The Kier molecular flexibility index (Phi) is 28.3. The van der Waals surface area contributed by atoms with E-state index in [0.717, 1.165) is 5.56 Å². The Labute approximate surface area is 218 Å². The second-order valence-corrected chi connectivity index (χ2v) is 6.79. The predicted molar refractivity (Wildman–Crippen MR) is 148 cm³/mol. The summed E-state index contributed by atoms with van der Waals surface area (Å²) in [5.41, 5.74) is 3.53. The summed E-state index contributed by atoms with van der Waals surface area (Å²) in [5.74, 6) is 0. The van der Waals surface area contributed by atoms with Crippen LogP contribution in [0, 0.1) is 0 Å². The molecule has 0 bridgehead atoms. The summed E-state index contributed by atoms with van der Waals surface area (Å²) in [5, 5.41) is 23.7. The monoisotopic (exact) mass is 502 g/mol. The summed E-state index contributed by atoms with van der Waals surface area (Å²) in [6, 6.07) is 30.2. The molecule has 202 valence electrons. The lowest BCUT2D eigenvalue weighted by molar-refractivity contribution is 0.0339. The van der Waals surface area contributed by atoms with Crippen LogP contribution in [0.25, 0.3) is 0 Å². The fourth-order valence-electron chi connectivity index (χ4n) is 2.48.